The summed E-state index contributed by atoms with van der Waals surface area (Å²) in [5.41, 5.74) is 6.00. The molecule has 15 heavy (non-hydrogen) atoms. The second-order valence-electron chi connectivity index (χ2n) is 5.16. The van der Waals surface area contributed by atoms with Gasteiger partial charge in [0.15, 0.2) is 0 Å². The number of nitrogens with two attached hydrogens (primary N) is 1. The molecule has 2 aliphatic rings. The van der Waals surface area contributed by atoms with E-state index in [1.54, 1.807) is 0 Å². The van der Waals surface area contributed by atoms with Crippen LogP contribution >= 0.6 is 0 Å². The topological polar surface area (TPSA) is 38.5 Å². The van der Waals surface area contributed by atoms with Gasteiger partial charge in [-0.3, -0.25) is 0 Å². The van der Waals surface area contributed by atoms with Crippen molar-refractivity contribution in [1.82, 2.24) is 4.90 Å². The van der Waals surface area contributed by atoms with Crippen LogP contribution in [0.25, 0.3) is 0 Å². The second-order valence-corrected chi connectivity index (χ2v) is 5.16. The van der Waals surface area contributed by atoms with Gasteiger partial charge in [-0.25, -0.2) is 0 Å². The van der Waals surface area contributed by atoms with Gasteiger partial charge < -0.3 is 15.4 Å². The highest BCUT2D eigenvalue weighted by Gasteiger charge is 2.29. The summed E-state index contributed by atoms with van der Waals surface area (Å²) in [5, 5.41) is 0. The Kier molecular flexibility index (Phi) is 4.00. The lowest BCUT2D eigenvalue weighted by molar-refractivity contribution is 0.172. The van der Waals surface area contributed by atoms with Crippen molar-refractivity contribution in [2.75, 3.05) is 32.8 Å². The lowest BCUT2D eigenvalue weighted by Crippen LogP contribution is -2.37. The van der Waals surface area contributed by atoms with Crippen LogP contribution in [-0.4, -0.2) is 43.8 Å². The monoisotopic (exact) mass is 212 g/mol. The summed E-state index contributed by atoms with van der Waals surface area (Å²) in [7, 11) is 0. The van der Waals surface area contributed by atoms with E-state index >= 15 is 0 Å². The Morgan fingerprint density at radius 3 is 2.93 bits per heavy atom. The smallest absolute Gasteiger partial charge is 0.0621 e. The molecule has 88 valence electrons. The van der Waals surface area contributed by atoms with Crippen molar-refractivity contribution in [3.05, 3.63) is 0 Å². The molecular formula is C12H24N2O. The van der Waals surface area contributed by atoms with Gasteiger partial charge in [0.1, 0.15) is 0 Å². The van der Waals surface area contributed by atoms with Gasteiger partial charge in [-0.1, -0.05) is 13.3 Å². The summed E-state index contributed by atoms with van der Waals surface area (Å²) in [6.07, 6.45) is 4.10. The van der Waals surface area contributed by atoms with Crippen LogP contribution in [0.4, 0.5) is 0 Å². The summed E-state index contributed by atoms with van der Waals surface area (Å²) >= 11 is 0. The Morgan fingerprint density at radius 1 is 1.40 bits per heavy atom. The fourth-order valence-electron chi connectivity index (χ4n) is 2.86. The molecule has 3 atom stereocenters. The van der Waals surface area contributed by atoms with Crippen molar-refractivity contribution in [2.45, 2.75) is 32.2 Å². The van der Waals surface area contributed by atoms with Crippen LogP contribution in [0.1, 0.15) is 26.2 Å². The largest absolute Gasteiger partial charge is 0.379 e. The first-order chi connectivity index (χ1) is 7.29. The first kappa shape index (κ1) is 11.4. The number of ether oxygens (including phenoxy) is 1. The van der Waals surface area contributed by atoms with Crippen LogP contribution in [-0.2, 0) is 4.74 Å². The van der Waals surface area contributed by atoms with E-state index in [1.165, 1.54) is 32.4 Å². The van der Waals surface area contributed by atoms with Crippen molar-refractivity contribution in [3.63, 3.8) is 0 Å². The summed E-state index contributed by atoms with van der Waals surface area (Å²) in [6.45, 7) is 7.63. The van der Waals surface area contributed by atoms with Gasteiger partial charge in [0.25, 0.3) is 0 Å². The summed E-state index contributed by atoms with van der Waals surface area (Å²) < 4.78 is 5.40. The Labute approximate surface area is 93.0 Å². The molecule has 0 aliphatic carbocycles. The van der Waals surface area contributed by atoms with Gasteiger partial charge in [0.05, 0.1) is 13.2 Å². The first-order valence-corrected chi connectivity index (χ1v) is 6.35. The molecular weight excluding hydrogens is 188 g/mol. The number of rotatable bonds is 4. The summed E-state index contributed by atoms with van der Waals surface area (Å²) in [5.74, 6) is 1.51. The zero-order valence-electron chi connectivity index (χ0n) is 9.82. The molecule has 2 rings (SSSR count). The van der Waals surface area contributed by atoms with Crippen LogP contribution in [0.15, 0.2) is 0 Å². The SMILES string of the molecule is CCCC1CCN(CC2COCC2N)C1. The van der Waals surface area contributed by atoms with E-state index < -0.39 is 0 Å². The predicted molar refractivity (Wildman–Crippen MR) is 61.7 cm³/mol. The molecule has 3 nitrogen and oxygen atoms in total. The summed E-state index contributed by atoms with van der Waals surface area (Å²) in [4.78, 5) is 2.58. The van der Waals surface area contributed by atoms with Gasteiger partial charge in [-0.2, -0.15) is 0 Å². The van der Waals surface area contributed by atoms with Gasteiger partial charge >= 0.3 is 0 Å². The van der Waals surface area contributed by atoms with Crippen molar-refractivity contribution in [3.8, 4) is 0 Å². The number of nitrogens with zero attached hydrogens (tertiary/aromatic N) is 1. The summed E-state index contributed by atoms with van der Waals surface area (Å²) in [6, 6.07) is 0.273. The van der Waals surface area contributed by atoms with Gasteiger partial charge in [-0.05, 0) is 25.3 Å². The quantitative estimate of drug-likeness (QED) is 0.758. The zero-order chi connectivity index (χ0) is 10.7. The molecule has 2 fully saturated rings. The Hall–Kier alpha value is -0.120. The highest BCUT2D eigenvalue weighted by atomic mass is 16.5. The van der Waals surface area contributed by atoms with E-state index in [0.29, 0.717) is 5.92 Å². The molecule has 0 spiro atoms. The number of hydrogen-bond donors (Lipinski definition) is 1. The van der Waals surface area contributed by atoms with E-state index in [4.69, 9.17) is 10.5 Å². The third-order valence-electron chi connectivity index (χ3n) is 3.81. The molecule has 3 heteroatoms. The third-order valence-corrected chi connectivity index (χ3v) is 3.81. The molecule has 0 aromatic rings. The molecule has 2 N–H and O–H groups in total. The highest BCUT2D eigenvalue weighted by Crippen LogP contribution is 2.23. The molecule has 0 bridgehead atoms. The van der Waals surface area contributed by atoms with Crippen molar-refractivity contribution < 1.29 is 4.74 Å². The molecule has 2 saturated heterocycles. The number of likely N-dealkylation sites (tertiary alicyclic amines) is 1. The standard InChI is InChI=1S/C12H24N2O/c1-2-3-10-4-5-14(6-10)7-11-8-15-9-12(11)13/h10-12H,2-9,13H2,1H3. The molecule has 0 aromatic carbocycles. The fraction of sp³-hybridized carbons (Fsp3) is 1.00. The van der Waals surface area contributed by atoms with Crippen LogP contribution in [0.5, 0.6) is 0 Å². The highest BCUT2D eigenvalue weighted by molar-refractivity contribution is 4.84. The molecule has 3 unspecified atom stereocenters. The Bertz CT molecular complexity index is 198. The fourth-order valence-corrected chi connectivity index (χ4v) is 2.86. The molecule has 2 aliphatic heterocycles. The van der Waals surface area contributed by atoms with Crippen molar-refractivity contribution in [2.24, 2.45) is 17.6 Å². The maximum Gasteiger partial charge on any atom is 0.0621 e. The Balaban J connectivity index is 1.72. The lowest BCUT2D eigenvalue weighted by atomic mass is 10.0. The van der Waals surface area contributed by atoms with Crippen molar-refractivity contribution >= 4 is 0 Å². The average Bonchev–Trinajstić information content (AvgIpc) is 2.79. The van der Waals surface area contributed by atoms with E-state index in [-0.39, 0.29) is 6.04 Å². The van der Waals surface area contributed by atoms with Crippen LogP contribution in [0, 0.1) is 11.8 Å². The molecule has 0 radical (unpaired) electrons. The van der Waals surface area contributed by atoms with E-state index in [0.717, 1.165) is 25.7 Å². The van der Waals surface area contributed by atoms with Gasteiger partial charge in [0, 0.05) is 25.0 Å². The molecule has 0 saturated carbocycles. The third kappa shape index (κ3) is 2.92. The van der Waals surface area contributed by atoms with Crippen LogP contribution in [0.3, 0.4) is 0 Å². The van der Waals surface area contributed by atoms with E-state index in [2.05, 4.69) is 11.8 Å². The van der Waals surface area contributed by atoms with E-state index in [1.807, 2.05) is 0 Å². The molecule has 0 aromatic heterocycles. The minimum absolute atomic E-state index is 0.273. The average molecular weight is 212 g/mol. The zero-order valence-corrected chi connectivity index (χ0v) is 9.82. The normalized spacial score (nSPS) is 37.6. The second kappa shape index (κ2) is 5.28. The van der Waals surface area contributed by atoms with E-state index in [9.17, 15) is 0 Å². The maximum atomic E-state index is 6.00. The minimum Gasteiger partial charge on any atom is -0.379 e. The minimum atomic E-state index is 0.273. The number of hydrogen-bond acceptors (Lipinski definition) is 3. The molecule has 0 amide bonds. The van der Waals surface area contributed by atoms with Crippen molar-refractivity contribution in [1.29, 1.82) is 0 Å². The Morgan fingerprint density at radius 2 is 2.27 bits per heavy atom. The lowest BCUT2D eigenvalue weighted by Gasteiger charge is -2.21. The van der Waals surface area contributed by atoms with Gasteiger partial charge in [-0.15, -0.1) is 0 Å². The maximum absolute atomic E-state index is 6.00. The van der Waals surface area contributed by atoms with Gasteiger partial charge in [0.2, 0.25) is 0 Å². The molecule has 2 heterocycles. The van der Waals surface area contributed by atoms with Crippen LogP contribution < -0.4 is 5.73 Å². The van der Waals surface area contributed by atoms with Crippen LogP contribution in [0.2, 0.25) is 0 Å². The first-order valence-electron chi connectivity index (χ1n) is 6.35. The predicted octanol–water partition coefficient (Wildman–Crippen LogP) is 1.08.